The van der Waals surface area contributed by atoms with Crippen LogP contribution in [0.4, 0.5) is 5.69 Å². The number of hydrogen-bond acceptors (Lipinski definition) is 2. The van der Waals surface area contributed by atoms with Gasteiger partial charge in [0.1, 0.15) is 12.4 Å². The number of rotatable bonds is 6. The van der Waals surface area contributed by atoms with Crippen LogP contribution in [0.3, 0.4) is 0 Å². The summed E-state index contributed by atoms with van der Waals surface area (Å²) in [5.74, 6) is 0.857. The quantitative estimate of drug-likeness (QED) is 0.345. The Labute approximate surface area is 181 Å². The summed E-state index contributed by atoms with van der Waals surface area (Å²) in [7, 11) is 0. The van der Waals surface area contributed by atoms with Crippen LogP contribution in [0.5, 0.6) is 5.75 Å². The largest absolute Gasteiger partial charge is 0.489 e. The van der Waals surface area contributed by atoms with Gasteiger partial charge in [-0.2, -0.15) is 0 Å². The molecule has 0 fully saturated rings. The highest BCUT2D eigenvalue weighted by Gasteiger charge is 2.11. The molecule has 1 N–H and O–H groups in total. The van der Waals surface area contributed by atoms with Crippen molar-refractivity contribution in [1.82, 2.24) is 0 Å². The van der Waals surface area contributed by atoms with Crippen LogP contribution in [0.25, 0.3) is 10.8 Å². The van der Waals surface area contributed by atoms with Crippen molar-refractivity contribution in [2.24, 2.45) is 0 Å². The lowest BCUT2D eigenvalue weighted by Gasteiger charge is -2.17. The topological polar surface area (TPSA) is 21.3 Å². The zero-order valence-corrected chi connectivity index (χ0v) is 17.6. The van der Waals surface area contributed by atoms with Crippen LogP contribution < -0.4 is 10.1 Å². The monoisotopic (exact) mass is 421 g/mol. The van der Waals surface area contributed by atoms with E-state index in [1.54, 1.807) is 0 Å². The molecule has 4 rings (SSSR count). The molecule has 0 aliphatic heterocycles. The van der Waals surface area contributed by atoms with Crippen LogP contribution in [0.1, 0.15) is 16.7 Å². The lowest BCUT2D eigenvalue weighted by atomic mass is 10.0. The Bertz CT molecular complexity index is 1160. The van der Waals surface area contributed by atoms with Gasteiger partial charge in [0.25, 0.3) is 0 Å². The molecule has 0 aliphatic carbocycles. The summed E-state index contributed by atoms with van der Waals surface area (Å²) < 4.78 is 6.20. The third-order valence-electron chi connectivity index (χ3n) is 5.00. The predicted molar refractivity (Wildman–Crippen MR) is 123 cm³/mol. The predicted octanol–water partition coefficient (Wildman–Crippen LogP) is 7.65. The fourth-order valence-electron chi connectivity index (χ4n) is 3.40. The molecule has 0 unspecified atom stereocenters. The van der Waals surface area contributed by atoms with Gasteiger partial charge in [-0.1, -0.05) is 71.7 Å². The van der Waals surface area contributed by atoms with Crippen LogP contribution in [-0.2, 0) is 13.2 Å². The van der Waals surface area contributed by atoms with E-state index in [1.807, 2.05) is 61.5 Å². The fraction of sp³-hybridized carbons (Fsp3) is 0.120. The first-order chi connectivity index (χ1) is 14.1. The van der Waals surface area contributed by atoms with E-state index < -0.39 is 0 Å². The number of nitrogens with one attached hydrogen (secondary N) is 1. The maximum Gasteiger partial charge on any atom is 0.125 e. The summed E-state index contributed by atoms with van der Waals surface area (Å²) in [5, 5.41) is 7.34. The molecule has 0 radical (unpaired) electrons. The molecular formula is C25H21Cl2NO. The Hall–Kier alpha value is -2.68. The zero-order chi connectivity index (χ0) is 20.2. The Morgan fingerprint density at radius 3 is 2.55 bits per heavy atom. The molecule has 0 aliphatic rings. The summed E-state index contributed by atoms with van der Waals surface area (Å²) in [6.45, 7) is 3.11. The molecule has 0 atom stereocenters. The molecule has 0 saturated carbocycles. The normalized spacial score (nSPS) is 10.9. The first-order valence-corrected chi connectivity index (χ1v) is 10.2. The summed E-state index contributed by atoms with van der Waals surface area (Å²) in [4.78, 5) is 0. The van der Waals surface area contributed by atoms with Crippen LogP contribution in [-0.4, -0.2) is 0 Å². The minimum atomic E-state index is 0.460. The van der Waals surface area contributed by atoms with Gasteiger partial charge in [0.05, 0.1) is 0 Å². The Balaban J connectivity index is 1.64. The van der Waals surface area contributed by atoms with E-state index in [1.165, 1.54) is 10.8 Å². The first kappa shape index (κ1) is 19.6. The molecule has 4 heteroatoms. The van der Waals surface area contributed by atoms with Gasteiger partial charge >= 0.3 is 0 Å². The summed E-state index contributed by atoms with van der Waals surface area (Å²) >= 11 is 12.4. The van der Waals surface area contributed by atoms with Crippen molar-refractivity contribution in [3.63, 3.8) is 0 Å². The third kappa shape index (κ3) is 4.50. The van der Waals surface area contributed by atoms with Gasteiger partial charge in [0.15, 0.2) is 0 Å². The SMILES string of the molecule is Cc1c(Cl)cccc1NCc1c(OCc2cccc(Cl)c2)ccc2ccccc12. The Kier molecular flexibility index (Phi) is 5.94. The van der Waals surface area contributed by atoms with E-state index in [0.717, 1.165) is 33.1 Å². The maximum atomic E-state index is 6.28. The maximum absolute atomic E-state index is 6.28. The van der Waals surface area contributed by atoms with Gasteiger partial charge < -0.3 is 10.1 Å². The van der Waals surface area contributed by atoms with E-state index in [-0.39, 0.29) is 0 Å². The van der Waals surface area contributed by atoms with Gasteiger partial charge in [-0.05, 0) is 59.2 Å². The summed E-state index contributed by atoms with van der Waals surface area (Å²) in [5.41, 5.74) is 4.21. The lowest BCUT2D eigenvalue weighted by molar-refractivity contribution is 0.304. The second-order valence-electron chi connectivity index (χ2n) is 6.95. The van der Waals surface area contributed by atoms with Crippen LogP contribution in [0.2, 0.25) is 10.0 Å². The molecule has 0 amide bonds. The molecule has 0 heterocycles. The van der Waals surface area contributed by atoms with Gasteiger partial charge in [0, 0.05) is 27.8 Å². The van der Waals surface area contributed by atoms with E-state index in [4.69, 9.17) is 27.9 Å². The lowest BCUT2D eigenvalue weighted by Crippen LogP contribution is -2.05. The van der Waals surface area contributed by atoms with E-state index >= 15 is 0 Å². The molecule has 0 bridgehead atoms. The molecule has 0 saturated heterocycles. The molecule has 146 valence electrons. The Morgan fingerprint density at radius 2 is 1.69 bits per heavy atom. The minimum Gasteiger partial charge on any atom is -0.489 e. The number of halogens is 2. The minimum absolute atomic E-state index is 0.460. The summed E-state index contributed by atoms with van der Waals surface area (Å²) in [6, 6.07) is 26.1. The van der Waals surface area contributed by atoms with E-state index in [9.17, 15) is 0 Å². The van der Waals surface area contributed by atoms with E-state index in [2.05, 4.69) is 29.6 Å². The van der Waals surface area contributed by atoms with Gasteiger partial charge in [-0.3, -0.25) is 0 Å². The number of fused-ring (bicyclic) bond motifs is 1. The molecule has 4 aromatic rings. The van der Waals surface area contributed by atoms with Crippen molar-refractivity contribution in [3.8, 4) is 5.75 Å². The fourth-order valence-corrected chi connectivity index (χ4v) is 3.79. The highest BCUT2D eigenvalue weighted by atomic mass is 35.5. The van der Waals surface area contributed by atoms with Gasteiger partial charge in [-0.15, -0.1) is 0 Å². The van der Waals surface area contributed by atoms with Crippen molar-refractivity contribution >= 4 is 39.7 Å². The first-order valence-electron chi connectivity index (χ1n) is 9.48. The average Bonchev–Trinajstić information content (AvgIpc) is 2.73. The Morgan fingerprint density at radius 1 is 0.862 bits per heavy atom. The molecule has 29 heavy (non-hydrogen) atoms. The van der Waals surface area contributed by atoms with Crippen LogP contribution in [0, 0.1) is 6.92 Å². The van der Waals surface area contributed by atoms with E-state index in [0.29, 0.717) is 18.2 Å². The van der Waals surface area contributed by atoms with Crippen molar-refractivity contribution in [1.29, 1.82) is 0 Å². The average molecular weight is 422 g/mol. The van der Waals surface area contributed by atoms with Crippen molar-refractivity contribution in [2.75, 3.05) is 5.32 Å². The molecule has 2 nitrogen and oxygen atoms in total. The number of anilines is 1. The van der Waals surface area contributed by atoms with Crippen LogP contribution in [0.15, 0.2) is 78.9 Å². The number of hydrogen-bond donors (Lipinski definition) is 1. The van der Waals surface area contributed by atoms with Gasteiger partial charge in [-0.25, -0.2) is 0 Å². The third-order valence-corrected chi connectivity index (χ3v) is 5.65. The highest BCUT2D eigenvalue weighted by molar-refractivity contribution is 6.31. The van der Waals surface area contributed by atoms with Gasteiger partial charge in [0.2, 0.25) is 0 Å². The standard InChI is InChI=1S/C25H21Cl2NO/c1-17-23(27)10-5-11-24(17)28-15-22-21-9-3-2-7-19(21)12-13-25(22)29-16-18-6-4-8-20(26)14-18/h2-14,28H,15-16H2,1H3. The second kappa shape index (κ2) is 8.77. The number of ether oxygens (including phenoxy) is 1. The van der Waals surface area contributed by atoms with Crippen molar-refractivity contribution < 1.29 is 4.74 Å². The smallest absolute Gasteiger partial charge is 0.125 e. The zero-order valence-electron chi connectivity index (χ0n) is 16.1. The second-order valence-corrected chi connectivity index (χ2v) is 7.79. The van der Waals surface area contributed by atoms with Crippen LogP contribution >= 0.6 is 23.2 Å². The molecule has 4 aromatic carbocycles. The molecule has 0 spiro atoms. The number of benzene rings is 4. The highest BCUT2D eigenvalue weighted by Crippen LogP contribution is 2.31. The van der Waals surface area contributed by atoms with Crippen molar-refractivity contribution in [2.45, 2.75) is 20.1 Å². The molecular weight excluding hydrogens is 401 g/mol. The van der Waals surface area contributed by atoms with Crippen molar-refractivity contribution in [3.05, 3.63) is 106 Å². The summed E-state index contributed by atoms with van der Waals surface area (Å²) in [6.07, 6.45) is 0. The molecule has 0 aromatic heterocycles.